The minimum absolute atomic E-state index is 0.0963. The number of hydrogen-bond donors (Lipinski definition) is 1. The van der Waals surface area contributed by atoms with E-state index in [0.717, 1.165) is 16.6 Å². The summed E-state index contributed by atoms with van der Waals surface area (Å²) < 4.78 is 6.94. The van der Waals surface area contributed by atoms with Crippen LogP contribution in [-0.4, -0.2) is 31.8 Å². The number of para-hydroxylation sites is 1. The Balaban J connectivity index is 1.58. The molecule has 0 saturated carbocycles. The lowest BCUT2D eigenvalue weighted by Crippen LogP contribution is -2.45. The fraction of sp³-hybridized carbons (Fsp3) is 0.179. The Bertz CT molecular complexity index is 1530. The second kappa shape index (κ2) is 10.4. The van der Waals surface area contributed by atoms with E-state index in [1.54, 1.807) is 52.5 Å². The molecule has 5 rings (SSSR count). The Morgan fingerprint density at radius 2 is 1.84 bits per heavy atom. The molecule has 3 heterocycles. The quantitative estimate of drug-likeness (QED) is 0.348. The molecule has 5 aromatic rings. The van der Waals surface area contributed by atoms with Gasteiger partial charge >= 0.3 is 0 Å². The lowest BCUT2D eigenvalue weighted by atomic mass is 10.0. The highest BCUT2D eigenvalue weighted by atomic mass is 16.3. The summed E-state index contributed by atoms with van der Waals surface area (Å²) in [5, 5.41) is 11.3. The van der Waals surface area contributed by atoms with E-state index in [0.29, 0.717) is 22.5 Å². The second-order valence-corrected chi connectivity index (χ2v) is 8.77. The van der Waals surface area contributed by atoms with Gasteiger partial charge in [-0.2, -0.15) is 0 Å². The van der Waals surface area contributed by atoms with E-state index < -0.39 is 6.04 Å². The normalized spacial score (nSPS) is 11.8. The van der Waals surface area contributed by atoms with Crippen LogP contribution in [-0.2, 0) is 22.7 Å². The molecule has 0 saturated heterocycles. The lowest BCUT2D eigenvalue weighted by Gasteiger charge is -2.32. The van der Waals surface area contributed by atoms with Crippen LogP contribution in [0.5, 0.6) is 0 Å². The van der Waals surface area contributed by atoms with Gasteiger partial charge in [-0.1, -0.05) is 29.5 Å². The number of hydrogen-bond acceptors (Lipinski definition) is 6. The number of anilines is 1. The van der Waals surface area contributed by atoms with Crippen molar-refractivity contribution in [3.05, 3.63) is 108 Å². The Hall–Kier alpha value is -4.79. The zero-order valence-electron chi connectivity index (χ0n) is 20.5. The SMILES string of the molecule is Cc1ccc(C)c(N(C(=O)Cn2nnc3ccccc32)[C@H](C(=O)NCc2ccco2)c2ccncc2)c1. The maximum absolute atomic E-state index is 14.1. The first kappa shape index (κ1) is 23.9. The van der Waals surface area contributed by atoms with Gasteiger partial charge in [0.25, 0.3) is 0 Å². The molecule has 0 unspecified atom stereocenters. The average molecular weight is 495 g/mol. The molecule has 0 aliphatic carbocycles. The van der Waals surface area contributed by atoms with Crippen molar-refractivity contribution >= 4 is 28.5 Å². The summed E-state index contributed by atoms with van der Waals surface area (Å²) in [5.74, 6) is -0.0415. The summed E-state index contributed by atoms with van der Waals surface area (Å²) in [5.41, 5.74) is 4.53. The molecule has 37 heavy (non-hydrogen) atoms. The predicted molar refractivity (Wildman–Crippen MR) is 138 cm³/mol. The van der Waals surface area contributed by atoms with Gasteiger partial charge in [-0.3, -0.25) is 19.5 Å². The van der Waals surface area contributed by atoms with Gasteiger partial charge in [-0.05, 0) is 73.0 Å². The van der Waals surface area contributed by atoms with Gasteiger partial charge < -0.3 is 9.73 Å². The van der Waals surface area contributed by atoms with Crippen molar-refractivity contribution in [2.75, 3.05) is 4.90 Å². The number of benzene rings is 2. The molecular formula is C28H26N6O3. The minimum Gasteiger partial charge on any atom is -0.467 e. The van der Waals surface area contributed by atoms with Crippen LogP contribution in [0.3, 0.4) is 0 Å². The van der Waals surface area contributed by atoms with Crippen LogP contribution in [0, 0.1) is 13.8 Å². The summed E-state index contributed by atoms with van der Waals surface area (Å²) in [6.45, 7) is 3.97. The molecule has 0 radical (unpaired) electrons. The average Bonchev–Trinajstić information content (AvgIpc) is 3.58. The molecule has 3 aromatic heterocycles. The molecule has 9 nitrogen and oxygen atoms in total. The topological polar surface area (TPSA) is 106 Å². The number of amides is 2. The van der Waals surface area contributed by atoms with Gasteiger partial charge in [0.05, 0.1) is 18.3 Å². The van der Waals surface area contributed by atoms with Crippen molar-refractivity contribution in [3.63, 3.8) is 0 Å². The number of fused-ring (bicyclic) bond motifs is 1. The van der Waals surface area contributed by atoms with Gasteiger partial charge in [0.1, 0.15) is 23.9 Å². The minimum atomic E-state index is -0.958. The van der Waals surface area contributed by atoms with E-state index in [1.165, 1.54) is 0 Å². The van der Waals surface area contributed by atoms with Crippen molar-refractivity contribution in [1.29, 1.82) is 0 Å². The van der Waals surface area contributed by atoms with E-state index >= 15 is 0 Å². The zero-order valence-corrected chi connectivity index (χ0v) is 20.5. The van der Waals surface area contributed by atoms with Crippen molar-refractivity contribution < 1.29 is 14.0 Å². The van der Waals surface area contributed by atoms with Crippen LogP contribution >= 0.6 is 0 Å². The highest BCUT2D eigenvalue weighted by molar-refractivity contribution is 6.02. The Morgan fingerprint density at radius 1 is 1.03 bits per heavy atom. The first-order valence-corrected chi connectivity index (χ1v) is 11.9. The third-order valence-corrected chi connectivity index (χ3v) is 6.14. The number of nitrogens with zero attached hydrogens (tertiary/aromatic N) is 5. The third kappa shape index (κ3) is 5.11. The molecule has 1 atom stereocenters. The van der Waals surface area contributed by atoms with Gasteiger partial charge in [0.2, 0.25) is 11.8 Å². The number of rotatable bonds is 8. The number of pyridine rings is 1. The van der Waals surface area contributed by atoms with Crippen LogP contribution < -0.4 is 10.2 Å². The fourth-order valence-electron chi connectivity index (χ4n) is 4.28. The molecule has 0 aliphatic rings. The van der Waals surface area contributed by atoms with Crippen LogP contribution in [0.25, 0.3) is 11.0 Å². The van der Waals surface area contributed by atoms with Gasteiger partial charge in [-0.25, -0.2) is 4.68 Å². The number of carbonyl (C=O) groups is 2. The largest absolute Gasteiger partial charge is 0.467 e. The van der Waals surface area contributed by atoms with Gasteiger partial charge in [-0.15, -0.1) is 5.10 Å². The molecule has 2 aromatic carbocycles. The Kier molecular flexibility index (Phi) is 6.76. The van der Waals surface area contributed by atoms with Crippen molar-refractivity contribution in [2.45, 2.75) is 33.0 Å². The molecule has 2 amide bonds. The molecule has 0 aliphatic heterocycles. The molecule has 0 bridgehead atoms. The number of furan rings is 1. The Morgan fingerprint density at radius 3 is 2.62 bits per heavy atom. The number of nitrogens with one attached hydrogen (secondary N) is 1. The van der Waals surface area contributed by atoms with Crippen LogP contribution in [0.4, 0.5) is 5.69 Å². The lowest BCUT2D eigenvalue weighted by molar-refractivity contribution is -0.127. The molecule has 1 N–H and O–H groups in total. The maximum atomic E-state index is 14.1. The molecule has 0 spiro atoms. The standard InChI is InChI=1S/C28H26N6O3/c1-19-9-10-20(2)25(16-19)34(26(35)18-33-24-8-4-3-7-23(24)31-32-33)27(21-11-13-29-14-12-21)28(36)30-17-22-6-5-15-37-22/h3-16,27H,17-18H2,1-2H3,(H,30,36)/t27-/m0/s1. The van der Waals surface area contributed by atoms with Gasteiger partial charge in [0.15, 0.2) is 0 Å². The number of aryl methyl sites for hydroxylation is 2. The smallest absolute Gasteiger partial charge is 0.249 e. The van der Waals surface area contributed by atoms with Crippen LogP contribution in [0.15, 0.2) is 89.8 Å². The summed E-state index contributed by atoms with van der Waals surface area (Å²) in [4.78, 5) is 33.5. The summed E-state index contributed by atoms with van der Waals surface area (Å²) in [6, 6.07) is 19.4. The number of aromatic nitrogens is 4. The van der Waals surface area contributed by atoms with E-state index in [9.17, 15) is 9.59 Å². The second-order valence-electron chi connectivity index (χ2n) is 8.77. The van der Waals surface area contributed by atoms with Crippen LogP contribution in [0.1, 0.15) is 28.5 Å². The van der Waals surface area contributed by atoms with Crippen molar-refractivity contribution in [1.82, 2.24) is 25.3 Å². The highest BCUT2D eigenvalue weighted by Gasteiger charge is 2.34. The van der Waals surface area contributed by atoms with Crippen molar-refractivity contribution in [2.24, 2.45) is 0 Å². The highest BCUT2D eigenvalue weighted by Crippen LogP contribution is 2.32. The molecular weight excluding hydrogens is 468 g/mol. The van der Waals surface area contributed by atoms with E-state index in [1.807, 2.05) is 56.3 Å². The maximum Gasteiger partial charge on any atom is 0.249 e. The van der Waals surface area contributed by atoms with E-state index in [4.69, 9.17) is 4.42 Å². The van der Waals surface area contributed by atoms with E-state index in [-0.39, 0.29) is 24.9 Å². The summed E-state index contributed by atoms with van der Waals surface area (Å²) in [7, 11) is 0. The van der Waals surface area contributed by atoms with Crippen LogP contribution in [0.2, 0.25) is 0 Å². The van der Waals surface area contributed by atoms with Gasteiger partial charge in [0, 0.05) is 18.1 Å². The molecule has 186 valence electrons. The first-order valence-electron chi connectivity index (χ1n) is 11.9. The number of carbonyl (C=O) groups excluding carboxylic acids is 2. The fourth-order valence-corrected chi connectivity index (χ4v) is 4.28. The first-order chi connectivity index (χ1) is 18.0. The molecule has 9 heteroatoms. The van der Waals surface area contributed by atoms with E-state index in [2.05, 4.69) is 20.6 Å². The summed E-state index contributed by atoms with van der Waals surface area (Å²) in [6.07, 6.45) is 4.77. The molecule has 0 fully saturated rings. The third-order valence-electron chi connectivity index (χ3n) is 6.14. The van der Waals surface area contributed by atoms with Crippen molar-refractivity contribution in [3.8, 4) is 0 Å². The summed E-state index contributed by atoms with van der Waals surface area (Å²) >= 11 is 0. The predicted octanol–water partition coefficient (Wildman–Crippen LogP) is 4.13. The monoisotopic (exact) mass is 494 g/mol. The zero-order chi connectivity index (χ0) is 25.8. The Labute approximate surface area is 213 Å².